The number of amides is 2. The molecular formula is C27H25F4N9O. The molecule has 4 N–H and O–H groups in total. The molecule has 0 atom stereocenters. The molecule has 5 rings (SSSR count). The SMILES string of the molecule is CN1CCN(Cc2c(C#N)c(-c3ccc(NC(=O)Nc4cc(C(F)(F)F)ccc4F)cc3)c3c(N)ncnn23)CC1. The highest BCUT2D eigenvalue weighted by Crippen LogP contribution is 2.36. The van der Waals surface area contributed by atoms with Gasteiger partial charge in [-0.25, -0.2) is 18.7 Å². The maximum Gasteiger partial charge on any atom is 0.416 e. The van der Waals surface area contributed by atoms with E-state index in [0.29, 0.717) is 52.6 Å². The number of carbonyl (C=O) groups excluding carboxylic acids is 1. The molecule has 14 heteroatoms. The van der Waals surface area contributed by atoms with Crippen LogP contribution in [0.5, 0.6) is 0 Å². The van der Waals surface area contributed by atoms with E-state index >= 15 is 0 Å². The van der Waals surface area contributed by atoms with Crippen molar-refractivity contribution in [3.05, 3.63) is 71.4 Å². The summed E-state index contributed by atoms with van der Waals surface area (Å²) >= 11 is 0. The van der Waals surface area contributed by atoms with E-state index in [2.05, 4.69) is 43.6 Å². The lowest BCUT2D eigenvalue weighted by molar-refractivity contribution is -0.137. The zero-order valence-corrected chi connectivity index (χ0v) is 21.8. The highest BCUT2D eigenvalue weighted by molar-refractivity contribution is 6.00. The number of fused-ring (bicyclic) bond motifs is 1. The molecular weight excluding hydrogens is 542 g/mol. The number of nitrogens with zero attached hydrogens (tertiary/aromatic N) is 6. The van der Waals surface area contributed by atoms with Gasteiger partial charge in [-0.15, -0.1) is 0 Å². The Balaban J connectivity index is 1.41. The second-order valence-electron chi connectivity index (χ2n) is 9.64. The average molecular weight is 568 g/mol. The molecule has 1 fully saturated rings. The third-order valence-electron chi connectivity index (χ3n) is 6.90. The number of rotatable bonds is 5. The number of nitriles is 1. The molecule has 2 aromatic heterocycles. The number of piperazine rings is 1. The molecule has 4 aromatic rings. The van der Waals surface area contributed by atoms with Crippen LogP contribution in [0, 0.1) is 17.1 Å². The van der Waals surface area contributed by atoms with Crippen molar-refractivity contribution in [1.29, 1.82) is 5.26 Å². The number of carbonyl (C=O) groups is 1. The first-order valence-corrected chi connectivity index (χ1v) is 12.6. The number of aromatic nitrogens is 3. The van der Waals surface area contributed by atoms with Crippen LogP contribution < -0.4 is 16.4 Å². The lowest BCUT2D eigenvalue weighted by Gasteiger charge is -2.32. The summed E-state index contributed by atoms with van der Waals surface area (Å²) in [5.41, 5.74) is 7.51. The van der Waals surface area contributed by atoms with Gasteiger partial charge in [0.2, 0.25) is 0 Å². The minimum Gasteiger partial charge on any atom is -0.382 e. The van der Waals surface area contributed by atoms with Gasteiger partial charge in [0.25, 0.3) is 0 Å². The fraction of sp³-hybridized carbons (Fsp3) is 0.259. The van der Waals surface area contributed by atoms with Gasteiger partial charge >= 0.3 is 12.2 Å². The summed E-state index contributed by atoms with van der Waals surface area (Å²) in [4.78, 5) is 21.0. The normalized spacial score (nSPS) is 14.6. The van der Waals surface area contributed by atoms with Crippen LogP contribution in [0.3, 0.4) is 0 Å². The summed E-state index contributed by atoms with van der Waals surface area (Å²) in [6.07, 6.45) is -3.36. The van der Waals surface area contributed by atoms with E-state index in [4.69, 9.17) is 5.73 Å². The van der Waals surface area contributed by atoms with Crippen molar-refractivity contribution in [1.82, 2.24) is 24.4 Å². The highest BCUT2D eigenvalue weighted by Gasteiger charge is 2.31. The summed E-state index contributed by atoms with van der Waals surface area (Å²) in [6, 6.07) is 9.50. The van der Waals surface area contributed by atoms with Crippen LogP contribution in [-0.4, -0.2) is 63.7 Å². The Kier molecular flexibility index (Phi) is 7.48. The van der Waals surface area contributed by atoms with Crippen LogP contribution in [0.15, 0.2) is 48.8 Å². The number of halogens is 4. The lowest BCUT2D eigenvalue weighted by atomic mass is 10.0. The van der Waals surface area contributed by atoms with Crippen LogP contribution in [-0.2, 0) is 12.7 Å². The third-order valence-corrected chi connectivity index (χ3v) is 6.90. The molecule has 0 saturated carbocycles. The van der Waals surface area contributed by atoms with E-state index in [1.807, 2.05) is 0 Å². The molecule has 212 valence electrons. The van der Waals surface area contributed by atoms with Crippen molar-refractivity contribution >= 4 is 28.7 Å². The smallest absolute Gasteiger partial charge is 0.382 e. The van der Waals surface area contributed by atoms with Crippen LogP contribution in [0.2, 0.25) is 0 Å². The molecule has 0 unspecified atom stereocenters. The van der Waals surface area contributed by atoms with E-state index in [0.717, 1.165) is 26.2 Å². The minimum absolute atomic E-state index is 0.195. The number of nitrogen functional groups attached to an aromatic ring is 1. The Labute approximate surface area is 232 Å². The van der Waals surface area contributed by atoms with Gasteiger partial charge in [-0.3, -0.25) is 4.90 Å². The average Bonchev–Trinajstić information content (AvgIpc) is 3.25. The molecule has 2 amide bonds. The molecule has 1 aliphatic rings. The van der Waals surface area contributed by atoms with Crippen molar-refractivity contribution in [2.75, 3.05) is 49.6 Å². The quantitative estimate of drug-likeness (QED) is 0.305. The zero-order chi connectivity index (χ0) is 29.3. The predicted octanol–water partition coefficient (Wildman–Crippen LogP) is 4.40. The maximum atomic E-state index is 14.0. The van der Waals surface area contributed by atoms with E-state index in [-0.39, 0.29) is 11.5 Å². The van der Waals surface area contributed by atoms with E-state index in [1.165, 1.54) is 6.33 Å². The van der Waals surface area contributed by atoms with Gasteiger partial charge in [-0.1, -0.05) is 12.1 Å². The third kappa shape index (κ3) is 5.76. The Morgan fingerprint density at radius 3 is 2.46 bits per heavy atom. The monoisotopic (exact) mass is 567 g/mol. The lowest BCUT2D eigenvalue weighted by Crippen LogP contribution is -2.44. The topological polar surface area (TPSA) is 128 Å². The summed E-state index contributed by atoms with van der Waals surface area (Å²) < 4.78 is 54.6. The summed E-state index contributed by atoms with van der Waals surface area (Å²) in [6.45, 7) is 3.95. The Morgan fingerprint density at radius 1 is 1.10 bits per heavy atom. The first-order chi connectivity index (χ1) is 19.5. The predicted molar refractivity (Wildman–Crippen MR) is 144 cm³/mol. The number of likely N-dealkylation sites (N-methyl/N-ethyl adjacent to an activating group) is 1. The van der Waals surface area contributed by atoms with Gasteiger partial charge in [0.15, 0.2) is 5.82 Å². The molecule has 0 radical (unpaired) electrons. The molecule has 1 saturated heterocycles. The number of hydrogen-bond acceptors (Lipinski definition) is 7. The summed E-state index contributed by atoms with van der Waals surface area (Å²) in [7, 11) is 2.06. The van der Waals surface area contributed by atoms with Gasteiger partial charge in [-0.2, -0.15) is 23.5 Å². The molecule has 10 nitrogen and oxygen atoms in total. The summed E-state index contributed by atoms with van der Waals surface area (Å²) in [5, 5.41) is 19.1. The molecule has 0 aliphatic carbocycles. The van der Waals surface area contributed by atoms with Gasteiger partial charge in [-0.05, 0) is 42.9 Å². The second-order valence-corrected chi connectivity index (χ2v) is 9.64. The number of urea groups is 1. The molecule has 1 aliphatic heterocycles. The van der Waals surface area contributed by atoms with Gasteiger partial charge in [0.05, 0.1) is 22.5 Å². The first kappa shape index (κ1) is 27.8. The van der Waals surface area contributed by atoms with Crippen molar-refractivity contribution in [2.24, 2.45) is 0 Å². The molecule has 2 aromatic carbocycles. The van der Waals surface area contributed by atoms with Gasteiger partial charge < -0.3 is 21.3 Å². The first-order valence-electron chi connectivity index (χ1n) is 12.6. The summed E-state index contributed by atoms with van der Waals surface area (Å²) in [5.74, 6) is -0.818. The van der Waals surface area contributed by atoms with Gasteiger partial charge in [0, 0.05) is 44.0 Å². The van der Waals surface area contributed by atoms with E-state index in [1.54, 1.807) is 28.8 Å². The van der Waals surface area contributed by atoms with Gasteiger partial charge in [0.1, 0.15) is 23.7 Å². The van der Waals surface area contributed by atoms with Crippen molar-refractivity contribution in [3.63, 3.8) is 0 Å². The molecule has 0 bridgehead atoms. The number of anilines is 3. The number of hydrogen-bond donors (Lipinski definition) is 3. The standard InChI is InChI=1S/C27H25F4N9O/c1-38-8-10-39(11-9-38)14-22-19(13-32)23(24-25(33)34-15-35-40(22)24)16-2-5-18(6-3-16)36-26(41)37-21-12-17(27(29,30)31)4-7-20(21)28/h2-7,12,15H,8-11,14H2,1H3,(H2,33,34,35)(H2,36,37,41). The van der Waals surface area contributed by atoms with Crippen LogP contribution in [0.25, 0.3) is 16.6 Å². The van der Waals surface area contributed by atoms with Crippen LogP contribution >= 0.6 is 0 Å². The van der Waals surface area contributed by atoms with E-state index < -0.39 is 29.3 Å². The molecule has 3 heterocycles. The molecule has 41 heavy (non-hydrogen) atoms. The Hall–Kier alpha value is -4.74. The second kappa shape index (κ2) is 11.0. The fourth-order valence-electron chi connectivity index (χ4n) is 4.74. The van der Waals surface area contributed by atoms with Crippen LogP contribution in [0.1, 0.15) is 16.8 Å². The number of nitrogens with one attached hydrogen (secondary N) is 2. The highest BCUT2D eigenvalue weighted by atomic mass is 19.4. The zero-order valence-electron chi connectivity index (χ0n) is 21.8. The fourth-order valence-corrected chi connectivity index (χ4v) is 4.74. The number of alkyl halides is 3. The van der Waals surface area contributed by atoms with Crippen molar-refractivity contribution in [3.8, 4) is 17.2 Å². The maximum absolute atomic E-state index is 14.0. The van der Waals surface area contributed by atoms with E-state index in [9.17, 15) is 27.6 Å². The number of benzene rings is 2. The van der Waals surface area contributed by atoms with Crippen molar-refractivity contribution in [2.45, 2.75) is 12.7 Å². The van der Waals surface area contributed by atoms with Crippen LogP contribution in [0.4, 0.5) is 39.5 Å². The Bertz CT molecular complexity index is 1640. The largest absolute Gasteiger partial charge is 0.416 e. The number of nitrogens with two attached hydrogens (primary N) is 1. The molecule has 0 spiro atoms. The minimum atomic E-state index is -4.69. The van der Waals surface area contributed by atoms with Crippen molar-refractivity contribution < 1.29 is 22.4 Å². The Morgan fingerprint density at radius 2 is 1.80 bits per heavy atom.